The summed E-state index contributed by atoms with van der Waals surface area (Å²) in [7, 11) is 0. The van der Waals surface area contributed by atoms with Crippen LogP contribution >= 0.6 is 0 Å². The number of nitrogens with two attached hydrogens (primary N) is 1. The van der Waals surface area contributed by atoms with E-state index in [1.807, 2.05) is 25.5 Å². The molecule has 1 heterocycles. The molecule has 0 radical (unpaired) electrons. The lowest BCUT2D eigenvalue weighted by atomic mass is 10.0. The molecule has 3 heteroatoms. The molecule has 17 heavy (non-hydrogen) atoms. The highest BCUT2D eigenvalue weighted by atomic mass is 15.1. The third kappa shape index (κ3) is 2.74. The Morgan fingerprint density at radius 2 is 1.94 bits per heavy atom. The van der Waals surface area contributed by atoms with Gasteiger partial charge in [-0.2, -0.15) is 0 Å². The van der Waals surface area contributed by atoms with E-state index in [2.05, 4.69) is 40.7 Å². The van der Waals surface area contributed by atoms with Crippen molar-refractivity contribution in [2.75, 3.05) is 0 Å². The van der Waals surface area contributed by atoms with E-state index in [9.17, 15) is 0 Å². The first kappa shape index (κ1) is 11.9. The van der Waals surface area contributed by atoms with Crippen LogP contribution in [0.15, 0.2) is 42.9 Å². The van der Waals surface area contributed by atoms with Crippen molar-refractivity contribution in [3.05, 3.63) is 54.1 Å². The standard InChI is InChI=1S/C14H19N3/c1-11(13-6-4-3-5-7-13)9-17-10-16-8-14(17)12(2)15/h3-8,10-12H,9,15H2,1-2H3/t11?,12-/m1/s1. The molecular formula is C14H19N3. The zero-order chi connectivity index (χ0) is 12.3. The van der Waals surface area contributed by atoms with E-state index in [0.29, 0.717) is 5.92 Å². The zero-order valence-corrected chi connectivity index (χ0v) is 10.4. The Morgan fingerprint density at radius 3 is 2.59 bits per heavy atom. The molecule has 90 valence electrons. The predicted octanol–water partition coefficient (Wildman–Crippen LogP) is 2.71. The number of nitrogens with zero attached hydrogens (tertiary/aromatic N) is 2. The quantitative estimate of drug-likeness (QED) is 0.876. The minimum atomic E-state index is 0.0282. The molecule has 2 N–H and O–H groups in total. The van der Waals surface area contributed by atoms with Gasteiger partial charge in [0.15, 0.2) is 0 Å². The second-order valence-electron chi connectivity index (χ2n) is 4.57. The molecule has 0 fully saturated rings. The van der Waals surface area contributed by atoms with Gasteiger partial charge < -0.3 is 10.3 Å². The third-order valence-corrected chi connectivity index (χ3v) is 3.05. The van der Waals surface area contributed by atoms with E-state index in [4.69, 9.17) is 5.73 Å². The van der Waals surface area contributed by atoms with Gasteiger partial charge in [-0.25, -0.2) is 4.98 Å². The van der Waals surface area contributed by atoms with Crippen molar-refractivity contribution in [2.45, 2.75) is 32.4 Å². The molecule has 0 spiro atoms. The molecule has 0 bridgehead atoms. The zero-order valence-electron chi connectivity index (χ0n) is 10.4. The molecule has 0 saturated heterocycles. The van der Waals surface area contributed by atoms with E-state index in [0.717, 1.165) is 12.2 Å². The summed E-state index contributed by atoms with van der Waals surface area (Å²) in [6, 6.07) is 10.5. The van der Waals surface area contributed by atoms with E-state index in [1.165, 1.54) is 5.56 Å². The summed E-state index contributed by atoms with van der Waals surface area (Å²) in [5.41, 5.74) is 8.35. The van der Waals surface area contributed by atoms with Crippen LogP contribution in [0.1, 0.15) is 37.1 Å². The van der Waals surface area contributed by atoms with Gasteiger partial charge in [0, 0.05) is 18.8 Å². The van der Waals surface area contributed by atoms with Crippen LogP contribution < -0.4 is 5.73 Å². The van der Waals surface area contributed by atoms with E-state index >= 15 is 0 Å². The summed E-state index contributed by atoms with van der Waals surface area (Å²) in [4.78, 5) is 4.17. The lowest BCUT2D eigenvalue weighted by molar-refractivity contribution is 0.559. The number of imidazole rings is 1. The van der Waals surface area contributed by atoms with Gasteiger partial charge >= 0.3 is 0 Å². The highest BCUT2D eigenvalue weighted by Crippen LogP contribution is 2.19. The Kier molecular flexibility index (Phi) is 3.59. The van der Waals surface area contributed by atoms with Crippen LogP contribution in [0.2, 0.25) is 0 Å². The SMILES string of the molecule is CC(Cn1cncc1[C@@H](C)N)c1ccccc1. The summed E-state index contributed by atoms with van der Waals surface area (Å²) in [5.74, 6) is 0.461. The van der Waals surface area contributed by atoms with Crippen LogP contribution in [-0.4, -0.2) is 9.55 Å². The highest BCUT2D eigenvalue weighted by molar-refractivity contribution is 5.19. The maximum Gasteiger partial charge on any atom is 0.0948 e. The van der Waals surface area contributed by atoms with Gasteiger partial charge in [0.05, 0.1) is 12.0 Å². The smallest absolute Gasteiger partial charge is 0.0948 e. The molecular weight excluding hydrogens is 210 g/mol. The Bertz CT molecular complexity index is 459. The molecule has 2 aromatic rings. The van der Waals surface area contributed by atoms with Gasteiger partial charge in [-0.3, -0.25) is 0 Å². The Hall–Kier alpha value is -1.61. The largest absolute Gasteiger partial charge is 0.333 e. The molecule has 2 rings (SSSR count). The molecule has 0 aliphatic heterocycles. The predicted molar refractivity (Wildman–Crippen MR) is 69.7 cm³/mol. The van der Waals surface area contributed by atoms with Crippen molar-refractivity contribution in [1.29, 1.82) is 0 Å². The normalized spacial score (nSPS) is 14.5. The average molecular weight is 229 g/mol. The maximum absolute atomic E-state index is 5.91. The first-order chi connectivity index (χ1) is 8.18. The minimum absolute atomic E-state index is 0.0282. The molecule has 2 atom stereocenters. The number of aromatic nitrogens is 2. The lowest BCUT2D eigenvalue weighted by Gasteiger charge is -2.16. The molecule has 1 unspecified atom stereocenters. The third-order valence-electron chi connectivity index (χ3n) is 3.05. The van der Waals surface area contributed by atoms with Gasteiger partial charge in [0.2, 0.25) is 0 Å². The van der Waals surface area contributed by atoms with E-state index in [1.54, 1.807) is 0 Å². The highest BCUT2D eigenvalue weighted by Gasteiger charge is 2.10. The molecule has 1 aromatic heterocycles. The van der Waals surface area contributed by atoms with Crippen LogP contribution in [0.5, 0.6) is 0 Å². The van der Waals surface area contributed by atoms with Crippen molar-refractivity contribution >= 4 is 0 Å². The van der Waals surface area contributed by atoms with Crippen LogP contribution in [0.4, 0.5) is 0 Å². The fraction of sp³-hybridized carbons (Fsp3) is 0.357. The van der Waals surface area contributed by atoms with Gasteiger partial charge in [0.1, 0.15) is 0 Å². The van der Waals surface area contributed by atoms with E-state index in [-0.39, 0.29) is 6.04 Å². The van der Waals surface area contributed by atoms with Crippen LogP contribution in [-0.2, 0) is 6.54 Å². The second kappa shape index (κ2) is 5.15. The average Bonchev–Trinajstić information content (AvgIpc) is 2.78. The fourth-order valence-corrected chi connectivity index (χ4v) is 2.04. The summed E-state index contributed by atoms with van der Waals surface area (Å²) in [6.45, 7) is 5.13. The Morgan fingerprint density at radius 1 is 1.24 bits per heavy atom. The summed E-state index contributed by atoms with van der Waals surface area (Å²) < 4.78 is 2.14. The lowest BCUT2D eigenvalue weighted by Crippen LogP contribution is -2.14. The molecule has 0 amide bonds. The van der Waals surface area contributed by atoms with Crippen molar-refractivity contribution < 1.29 is 0 Å². The van der Waals surface area contributed by atoms with Crippen molar-refractivity contribution in [3.8, 4) is 0 Å². The van der Waals surface area contributed by atoms with E-state index < -0.39 is 0 Å². The van der Waals surface area contributed by atoms with Gasteiger partial charge in [-0.1, -0.05) is 37.3 Å². The van der Waals surface area contributed by atoms with Crippen molar-refractivity contribution in [3.63, 3.8) is 0 Å². The molecule has 1 aromatic carbocycles. The first-order valence-electron chi connectivity index (χ1n) is 5.99. The summed E-state index contributed by atoms with van der Waals surface area (Å²) in [5, 5.41) is 0. The Labute approximate surface area is 102 Å². The molecule has 0 aliphatic carbocycles. The summed E-state index contributed by atoms with van der Waals surface area (Å²) in [6.07, 6.45) is 3.71. The van der Waals surface area contributed by atoms with Crippen molar-refractivity contribution in [2.24, 2.45) is 5.73 Å². The number of rotatable bonds is 4. The monoisotopic (exact) mass is 229 g/mol. The molecule has 0 aliphatic rings. The topological polar surface area (TPSA) is 43.8 Å². The fourth-order valence-electron chi connectivity index (χ4n) is 2.04. The van der Waals surface area contributed by atoms with Crippen LogP contribution in [0.3, 0.4) is 0 Å². The van der Waals surface area contributed by atoms with Gasteiger partial charge in [-0.15, -0.1) is 0 Å². The van der Waals surface area contributed by atoms with Crippen LogP contribution in [0, 0.1) is 0 Å². The minimum Gasteiger partial charge on any atom is -0.333 e. The number of hydrogen-bond donors (Lipinski definition) is 1. The van der Waals surface area contributed by atoms with Crippen LogP contribution in [0.25, 0.3) is 0 Å². The van der Waals surface area contributed by atoms with Gasteiger partial charge in [-0.05, 0) is 18.4 Å². The van der Waals surface area contributed by atoms with Gasteiger partial charge in [0.25, 0.3) is 0 Å². The first-order valence-corrected chi connectivity index (χ1v) is 5.99. The maximum atomic E-state index is 5.91. The second-order valence-corrected chi connectivity index (χ2v) is 4.57. The molecule has 3 nitrogen and oxygen atoms in total. The number of hydrogen-bond acceptors (Lipinski definition) is 2. The Balaban J connectivity index is 2.13. The summed E-state index contributed by atoms with van der Waals surface area (Å²) >= 11 is 0. The molecule has 0 saturated carbocycles. The van der Waals surface area contributed by atoms with Crippen molar-refractivity contribution in [1.82, 2.24) is 9.55 Å². The number of benzene rings is 1.